The maximum Gasteiger partial charge on any atom is 0.0496 e. The minimum Gasteiger partial charge on any atom is -0.396 e. The second kappa shape index (κ2) is 9.13. The van der Waals surface area contributed by atoms with Gasteiger partial charge in [0.2, 0.25) is 0 Å². The van der Waals surface area contributed by atoms with Crippen molar-refractivity contribution >= 4 is 0 Å². The molecule has 0 spiro atoms. The van der Waals surface area contributed by atoms with Gasteiger partial charge in [-0.25, -0.2) is 0 Å². The molecule has 0 aliphatic heterocycles. The Morgan fingerprint density at radius 3 is 2.27 bits per heavy atom. The smallest absolute Gasteiger partial charge is 0.0496 e. The van der Waals surface area contributed by atoms with Crippen LogP contribution in [0.5, 0.6) is 0 Å². The van der Waals surface area contributed by atoms with Crippen LogP contribution >= 0.6 is 0 Å². The van der Waals surface area contributed by atoms with Gasteiger partial charge >= 0.3 is 0 Å². The molecule has 0 rings (SSSR count). The molecular weight excluding hydrogens is 190 g/mol. The summed E-state index contributed by atoms with van der Waals surface area (Å²) in [5, 5.41) is 21.2. The van der Waals surface area contributed by atoms with E-state index in [0.29, 0.717) is 6.61 Å². The van der Waals surface area contributed by atoms with Crippen molar-refractivity contribution in [2.24, 2.45) is 5.41 Å². The molecule has 0 heterocycles. The Balaban J connectivity index is 3.29. The van der Waals surface area contributed by atoms with Crippen LogP contribution in [0.3, 0.4) is 0 Å². The normalized spacial score (nSPS) is 15.2. The van der Waals surface area contributed by atoms with Gasteiger partial charge in [-0.1, -0.05) is 26.7 Å². The van der Waals surface area contributed by atoms with Gasteiger partial charge in [0.1, 0.15) is 0 Å². The summed E-state index contributed by atoms with van der Waals surface area (Å²) in [6.07, 6.45) is 5.37. The predicted molar refractivity (Wildman–Crippen MR) is 63.9 cm³/mol. The van der Waals surface area contributed by atoms with Gasteiger partial charge in [0.05, 0.1) is 0 Å². The lowest BCUT2D eigenvalue weighted by atomic mass is 9.88. The van der Waals surface area contributed by atoms with Crippen molar-refractivity contribution in [3.8, 4) is 0 Å². The fourth-order valence-corrected chi connectivity index (χ4v) is 1.40. The van der Waals surface area contributed by atoms with Crippen molar-refractivity contribution < 1.29 is 10.2 Å². The molecule has 3 nitrogen and oxygen atoms in total. The van der Waals surface area contributed by atoms with E-state index in [4.69, 9.17) is 5.11 Å². The Labute approximate surface area is 93.9 Å². The number of hydrogen-bond donors (Lipinski definition) is 3. The highest BCUT2D eigenvalue weighted by atomic mass is 16.3. The number of unbranched alkanes of at least 4 members (excludes halogenated alkanes) is 3. The molecule has 0 saturated heterocycles. The summed E-state index contributed by atoms with van der Waals surface area (Å²) in [5.41, 5.74) is 0.0328. The van der Waals surface area contributed by atoms with E-state index in [2.05, 4.69) is 19.2 Å². The van der Waals surface area contributed by atoms with Crippen molar-refractivity contribution in [2.75, 3.05) is 26.3 Å². The van der Waals surface area contributed by atoms with Crippen LogP contribution in [-0.2, 0) is 0 Å². The third-order valence-corrected chi connectivity index (χ3v) is 3.05. The quantitative estimate of drug-likeness (QED) is 0.487. The van der Waals surface area contributed by atoms with Gasteiger partial charge in [0.15, 0.2) is 0 Å². The van der Waals surface area contributed by atoms with Crippen molar-refractivity contribution in [3.05, 3.63) is 0 Å². The highest BCUT2D eigenvalue weighted by Crippen LogP contribution is 2.18. The molecular formula is C12H27NO2. The second-order valence-electron chi connectivity index (χ2n) is 4.64. The standard InChI is InChI=1S/C12H27NO2/c1-3-12(2,11-15)10-13-8-6-4-5-7-9-14/h13-15H,3-11H2,1-2H3. The molecule has 0 aromatic rings. The van der Waals surface area contributed by atoms with Crippen LogP contribution in [0.25, 0.3) is 0 Å². The number of rotatable bonds is 10. The summed E-state index contributed by atoms with van der Waals surface area (Å²) in [6.45, 7) is 6.68. The van der Waals surface area contributed by atoms with E-state index in [-0.39, 0.29) is 12.0 Å². The van der Waals surface area contributed by atoms with Crippen LogP contribution in [0.4, 0.5) is 0 Å². The first-order chi connectivity index (χ1) is 7.18. The Morgan fingerprint density at radius 2 is 1.73 bits per heavy atom. The summed E-state index contributed by atoms with van der Waals surface area (Å²) >= 11 is 0. The number of nitrogens with one attached hydrogen (secondary N) is 1. The van der Waals surface area contributed by atoms with Crippen molar-refractivity contribution in [1.29, 1.82) is 0 Å². The van der Waals surface area contributed by atoms with Crippen molar-refractivity contribution in [1.82, 2.24) is 5.32 Å². The summed E-state index contributed by atoms with van der Waals surface area (Å²) in [5.74, 6) is 0. The largest absolute Gasteiger partial charge is 0.396 e. The van der Waals surface area contributed by atoms with E-state index in [0.717, 1.165) is 38.8 Å². The topological polar surface area (TPSA) is 52.5 Å². The van der Waals surface area contributed by atoms with Gasteiger partial charge in [-0.2, -0.15) is 0 Å². The maximum atomic E-state index is 9.19. The first-order valence-corrected chi connectivity index (χ1v) is 6.11. The summed E-state index contributed by atoms with van der Waals surface area (Å²) < 4.78 is 0. The second-order valence-corrected chi connectivity index (χ2v) is 4.64. The first kappa shape index (κ1) is 14.9. The molecule has 3 heteroatoms. The molecule has 0 radical (unpaired) electrons. The lowest BCUT2D eigenvalue weighted by Gasteiger charge is -2.25. The molecule has 0 aromatic heterocycles. The van der Waals surface area contributed by atoms with Crippen LogP contribution in [0, 0.1) is 5.41 Å². The zero-order chi connectivity index (χ0) is 11.6. The Hall–Kier alpha value is -0.120. The zero-order valence-electron chi connectivity index (χ0n) is 10.3. The monoisotopic (exact) mass is 217 g/mol. The number of aliphatic hydroxyl groups is 2. The van der Waals surface area contributed by atoms with Gasteiger partial charge in [-0.15, -0.1) is 0 Å². The van der Waals surface area contributed by atoms with Crippen LogP contribution in [0.1, 0.15) is 46.0 Å². The summed E-state index contributed by atoms with van der Waals surface area (Å²) in [7, 11) is 0. The van der Waals surface area contributed by atoms with Gasteiger partial charge in [-0.3, -0.25) is 0 Å². The average molecular weight is 217 g/mol. The number of aliphatic hydroxyl groups excluding tert-OH is 2. The molecule has 1 atom stereocenters. The molecule has 1 unspecified atom stereocenters. The van der Waals surface area contributed by atoms with E-state index in [1.165, 1.54) is 6.42 Å². The van der Waals surface area contributed by atoms with Crippen molar-refractivity contribution in [2.45, 2.75) is 46.0 Å². The molecule has 0 aromatic carbocycles. The molecule has 92 valence electrons. The minimum absolute atomic E-state index is 0.0328. The average Bonchev–Trinajstić information content (AvgIpc) is 2.27. The third-order valence-electron chi connectivity index (χ3n) is 3.05. The third kappa shape index (κ3) is 7.77. The highest BCUT2D eigenvalue weighted by Gasteiger charge is 2.19. The Kier molecular flexibility index (Phi) is 9.06. The summed E-state index contributed by atoms with van der Waals surface area (Å²) in [6, 6.07) is 0. The van der Waals surface area contributed by atoms with Crippen LogP contribution < -0.4 is 5.32 Å². The SMILES string of the molecule is CCC(C)(CO)CNCCCCCCO. The highest BCUT2D eigenvalue weighted by molar-refractivity contribution is 4.73. The van der Waals surface area contributed by atoms with Gasteiger partial charge in [-0.05, 0) is 25.8 Å². The van der Waals surface area contributed by atoms with Crippen LogP contribution in [0.15, 0.2) is 0 Å². The summed E-state index contributed by atoms with van der Waals surface area (Å²) in [4.78, 5) is 0. The van der Waals surface area contributed by atoms with E-state index in [1.54, 1.807) is 0 Å². The fraction of sp³-hybridized carbons (Fsp3) is 1.00. The molecule has 3 N–H and O–H groups in total. The fourth-order valence-electron chi connectivity index (χ4n) is 1.40. The zero-order valence-corrected chi connectivity index (χ0v) is 10.3. The predicted octanol–water partition coefficient (Wildman–Crippen LogP) is 1.54. The maximum absolute atomic E-state index is 9.19. The van der Waals surface area contributed by atoms with Gasteiger partial charge in [0, 0.05) is 25.2 Å². The van der Waals surface area contributed by atoms with Crippen molar-refractivity contribution in [3.63, 3.8) is 0 Å². The number of hydrogen-bond acceptors (Lipinski definition) is 3. The first-order valence-electron chi connectivity index (χ1n) is 6.11. The van der Waals surface area contributed by atoms with Crippen LogP contribution in [-0.4, -0.2) is 36.5 Å². The molecule has 0 fully saturated rings. The van der Waals surface area contributed by atoms with Crippen LogP contribution in [0.2, 0.25) is 0 Å². The van der Waals surface area contributed by atoms with Gasteiger partial charge < -0.3 is 15.5 Å². The van der Waals surface area contributed by atoms with E-state index in [1.807, 2.05) is 0 Å². The van der Waals surface area contributed by atoms with Gasteiger partial charge in [0.25, 0.3) is 0 Å². The Morgan fingerprint density at radius 1 is 1.07 bits per heavy atom. The Bertz CT molecular complexity index is 136. The molecule has 0 aliphatic carbocycles. The molecule has 0 bridgehead atoms. The lowest BCUT2D eigenvalue weighted by Crippen LogP contribution is -2.34. The van der Waals surface area contributed by atoms with E-state index in [9.17, 15) is 5.11 Å². The molecule has 15 heavy (non-hydrogen) atoms. The van der Waals surface area contributed by atoms with E-state index >= 15 is 0 Å². The molecule has 0 aliphatic rings. The van der Waals surface area contributed by atoms with E-state index < -0.39 is 0 Å². The molecule has 0 amide bonds. The molecule has 0 saturated carbocycles. The minimum atomic E-state index is 0.0328. The lowest BCUT2D eigenvalue weighted by molar-refractivity contribution is 0.135.